The number of nitrogens with one attached hydrogen (secondary N) is 1. The van der Waals surface area contributed by atoms with Crippen molar-refractivity contribution in [2.45, 2.75) is 43.4 Å². The maximum Gasteiger partial charge on any atom is 0.270 e. The van der Waals surface area contributed by atoms with Gasteiger partial charge in [0, 0.05) is 38.1 Å². The molecule has 0 radical (unpaired) electrons. The van der Waals surface area contributed by atoms with Gasteiger partial charge in [0.25, 0.3) is 5.91 Å². The lowest BCUT2D eigenvalue weighted by Gasteiger charge is -2.52. The van der Waals surface area contributed by atoms with Crippen molar-refractivity contribution in [1.29, 1.82) is 5.26 Å². The number of hydrogen-bond acceptors (Lipinski definition) is 8. The van der Waals surface area contributed by atoms with Crippen LogP contribution in [0.15, 0.2) is 36.8 Å². The largest absolute Gasteiger partial charge is 0.388 e. The first-order valence-electron chi connectivity index (χ1n) is 9.96. The SMILES string of the molecule is C[C@@]1(NC(=O)c2ccccn2)CC2(CCN(c3nccnc3C#N)CC2)OC[C@H]1O. The molecule has 1 amide bonds. The topological polar surface area (TPSA) is 124 Å². The van der Waals surface area contributed by atoms with Crippen LogP contribution < -0.4 is 10.2 Å². The van der Waals surface area contributed by atoms with Gasteiger partial charge in [0.2, 0.25) is 0 Å². The van der Waals surface area contributed by atoms with E-state index in [0.29, 0.717) is 49.6 Å². The summed E-state index contributed by atoms with van der Waals surface area (Å²) >= 11 is 0. The molecule has 4 rings (SSSR count). The molecule has 9 nitrogen and oxygen atoms in total. The number of carbonyl (C=O) groups is 1. The fourth-order valence-electron chi connectivity index (χ4n) is 4.31. The van der Waals surface area contributed by atoms with Gasteiger partial charge in [-0.05, 0) is 31.9 Å². The Morgan fingerprint density at radius 3 is 2.73 bits per heavy atom. The summed E-state index contributed by atoms with van der Waals surface area (Å²) in [6.07, 6.45) is 5.70. The Morgan fingerprint density at radius 1 is 1.27 bits per heavy atom. The Balaban J connectivity index is 1.47. The van der Waals surface area contributed by atoms with Crippen molar-refractivity contribution in [2.75, 3.05) is 24.6 Å². The summed E-state index contributed by atoms with van der Waals surface area (Å²) in [6, 6.07) is 7.24. The standard InChI is InChI=1S/C21H24N6O3/c1-20(26-19(29)15-4-2-3-7-23-15)14-21(30-13-17(20)28)5-10-27(11-6-21)18-16(12-22)24-8-9-25-18/h2-4,7-9,17,28H,5-6,10-11,13-14H2,1H3,(H,26,29)/t17-,20-/m1/s1. The lowest BCUT2D eigenvalue weighted by molar-refractivity contribution is -0.167. The number of piperidine rings is 1. The van der Waals surface area contributed by atoms with E-state index in [0.717, 1.165) is 0 Å². The smallest absolute Gasteiger partial charge is 0.270 e. The number of ether oxygens (including phenoxy) is 1. The predicted molar refractivity (Wildman–Crippen MR) is 108 cm³/mol. The molecule has 2 aromatic rings. The average molecular weight is 408 g/mol. The Labute approximate surface area is 174 Å². The molecule has 4 heterocycles. The van der Waals surface area contributed by atoms with Gasteiger partial charge in [-0.15, -0.1) is 0 Å². The van der Waals surface area contributed by atoms with Gasteiger partial charge in [0.05, 0.1) is 17.7 Å². The van der Waals surface area contributed by atoms with E-state index in [-0.39, 0.29) is 12.5 Å². The van der Waals surface area contributed by atoms with Gasteiger partial charge in [-0.25, -0.2) is 9.97 Å². The summed E-state index contributed by atoms with van der Waals surface area (Å²) < 4.78 is 6.10. The molecule has 0 unspecified atom stereocenters. The number of carbonyl (C=O) groups excluding carboxylic acids is 1. The second kappa shape index (κ2) is 7.97. The van der Waals surface area contributed by atoms with Gasteiger partial charge in [-0.3, -0.25) is 9.78 Å². The van der Waals surface area contributed by atoms with Gasteiger partial charge in [0.15, 0.2) is 11.5 Å². The number of hydrogen-bond donors (Lipinski definition) is 2. The Bertz CT molecular complexity index is 955. The zero-order valence-corrected chi connectivity index (χ0v) is 16.8. The number of aliphatic hydroxyl groups is 1. The number of nitriles is 1. The molecule has 0 aromatic carbocycles. The third-order valence-corrected chi connectivity index (χ3v) is 6.03. The van der Waals surface area contributed by atoms with Gasteiger partial charge in [0.1, 0.15) is 17.9 Å². The minimum absolute atomic E-state index is 0.146. The molecule has 0 saturated carbocycles. The van der Waals surface area contributed by atoms with Crippen LogP contribution in [0.3, 0.4) is 0 Å². The van der Waals surface area contributed by atoms with Crippen molar-refractivity contribution in [3.05, 3.63) is 48.2 Å². The molecule has 2 aliphatic heterocycles. The summed E-state index contributed by atoms with van der Waals surface area (Å²) in [7, 11) is 0. The van der Waals surface area contributed by atoms with Crippen LogP contribution in [0.2, 0.25) is 0 Å². The maximum atomic E-state index is 12.7. The van der Waals surface area contributed by atoms with Crippen LogP contribution in [0.25, 0.3) is 0 Å². The first-order chi connectivity index (χ1) is 14.4. The number of nitrogens with zero attached hydrogens (tertiary/aromatic N) is 5. The van der Waals surface area contributed by atoms with Crippen LogP contribution in [0.1, 0.15) is 42.4 Å². The highest BCUT2D eigenvalue weighted by Crippen LogP contribution is 2.40. The number of pyridine rings is 1. The van der Waals surface area contributed by atoms with Crippen LogP contribution in [0.5, 0.6) is 0 Å². The molecule has 2 fully saturated rings. The predicted octanol–water partition coefficient (Wildman–Crippen LogP) is 1.05. The van der Waals surface area contributed by atoms with Crippen molar-refractivity contribution < 1.29 is 14.6 Å². The lowest BCUT2D eigenvalue weighted by Crippen LogP contribution is -2.65. The van der Waals surface area contributed by atoms with Crippen molar-refractivity contribution >= 4 is 11.7 Å². The monoisotopic (exact) mass is 408 g/mol. The first kappa shape index (κ1) is 20.2. The van der Waals surface area contributed by atoms with Crippen LogP contribution in [0, 0.1) is 11.3 Å². The minimum atomic E-state index is -0.834. The molecule has 1 spiro atoms. The molecule has 2 atom stereocenters. The van der Waals surface area contributed by atoms with Crippen LogP contribution in [-0.2, 0) is 4.74 Å². The summed E-state index contributed by atoms with van der Waals surface area (Å²) in [5.74, 6) is 0.266. The van der Waals surface area contributed by atoms with E-state index < -0.39 is 17.2 Å². The molecular formula is C21H24N6O3. The van der Waals surface area contributed by atoms with E-state index in [4.69, 9.17) is 4.74 Å². The van der Waals surface area contributed by atoms with E-state index in [1.807, 2.05) is 11.8 Å². The van der Waals surface area contributed by atoms with Crippen LogP contribution >= 0.6 is 0 Å². The highest BCUT2D eigenvalue weighted by Gasteiger charge is 2.50. The summed E-state index contributed by atoms with van der Waals surface area (Å²) in [5, 5.41) is 22.9. The molecular weight excluding hydrogens is 384 g/mol. The number of anilines is 1. The van der Waals surface area contributed by atoms with Crippen molar-refractivity contribution in [1.82, 2.24) is 20.3 Å². The molecule has 30 heavy (non-hydrogen) atoms. The molecule has 9 heteroatoms. The second-order valence-corrected chi connectivity index (χ2v) is 8.10. The molecule has 2 aromatic heterocycles. The molecule has 2 aliphatic rings. The highest BCUT2D eigenvalue weighted by molar-refractivity contribution is 5.92. The zero-order valence-electron chi connectivity index (χ0n) is 16.8. The maximum absolute atomic E-state index is 12.7. The number of aromatic nitrogens is 3. The van der Waals surface area contributed by atoms with Crippen molar-refractivity contribution in [3.8, 4) is 6.07 Å². The fourth-order valence-corrected chi connectivity index (χ4v) is 4.31. The van der Waals surface area contributed by atoms with Crippen LogP contribution in [-0.4, -0.2) is 62.9 Å². The molecule has 2 saturated heterocycles. The Morgan fingerprint density at radius 2 is 2.03 bits per heavy atom. The number of rotatable bonds is 3. The van der Waals surface area contributed by atoms with Crippen molar-refractivity contribution in [3.63, 3.8) is 0 Å². The minimum Gasteiger partial charge on any atom is -0.388 e. The van der Waals surface area contributed by atoms with Crippen molar-refractivity contribution in [2.24, 2.45) is 0 Å². The van der Waals surface area contributed by atoms with E-state index in [1.165, 1.54) is 6.20 Å². The number of amides is 1. The molecule has 2 N–H and O–H groups in total. The molecule has 0 aliphatic carbocycles. The third kappa shape index (κ3) is 3.84. The van der Waals surface area contributed by atoms with Gasteiger partial charge < -0.3 is 20.1 Å². The zero-order chi connectivity index (χ0) is 21.2. The second-order valence-electron chi connectivity index (χ2n) is 8.10. The highest BCUT2D eigenvalue weighted by atomic mass is 16.5. The van der Waals surface area contributed by atoms with E-state index >= 15 is 0 Å². The Hall–Kier alpha value is -3.09. The summed E-state index contributed by atoms with van der Waals surface area (Å²) in [5.41, 5.74) is -0.676. The average Bonchev–Trinajstić information content (AvgIpc) is 2.78. The van der Waals surface area contributed by atoms with E-state index in [1.54, 1.807) is 30.6 Å². The normalized spacial score (nSPS) is 25.5. The van der Waals surface area contributed by atoms with E-state index in [2.05, 4.69) is 26.3 Å². The molecule has 156 valence electrons. The summed E-state index contributed by atoms with van der Waals surface area (Å²) in [4.78, 5) is 27.2. The quantitative estimate of drug-likeness (QED) is 0.772. The fraction of sp³-hybridized carbons (Fsp3) is 0.476. The van der Waals surface area contributed by atoms with E-state index in [9.17, 15) is 15.2 Å². The number of aliphatic hydroxyl groups excluding tert-OH is 1. The first-order valence-corrected chi connectivity index (χ1v) is 9.96. The third-order valence-electron chi connectivity index (χ3n) is 6.03. The lowest BCUT2D eigenvalue weighted by atomic mass is 9.74. The van der Waals surface area contributed by atoms with Gasteiger partial charge in [-0.2, -0.15) is 5.26 Å². The van der Waals surface area contributed by atoms with Crippen LogP contribution in [0.4, 0.5) is 5.82 Å². The Kier molecular flexibility index (Phi) is 5.37. The molecule has 0 bridgehead atoms. The summed E-state index contributed by atoms with van der Waals surface area (Å²) in [6.45, 7) is 3.29. The van der Waals surface area contributed by atoms with Gasteiger partial charge >= 0.3 is 0 Å². The van der Waals surface area contributed by atoms with Gasteiger partial charge in [-0.1, -0.05) is 6.07 Å².